The van der Waals surface area contributed by atoms with E-state index in [0.717, 1.165) is 25.0 Å². The molecule has 1 aliphatic carbocycles. The summed E-state index contributed by atoms with van der Waals surface area (Å²) in [6, 6.07) is 4.40. The van der Waals surface area contributed by atoms with Gasteiger partial charge in [-0.05, 0) is 30.9 Å². The fraction of sp³-hybridized carbons (Fsp3) is 0.500. The van der Waals surface area contributed by atoms with E-state index >= 15 is 0 Å². The Kier molecular flexibility index (Phi) is 2.88. The maximum absolute atomic E-state index is 13.1. The van der Waals surface area contributed by atoms with Crippen molar-refractivity contribution in [3.63, 3.8) is 0 Å². The monoisotopic (exact) mass is 265 g/mol. The largest absolute Gasteiger partial charge is 0.458 e. The fourth-order valence-electron chi connectivity index (χ4n) is 1.78. The third-order valence-corrected chi connectivity index (χ3v) is 3.09. The topological polar surface area (TPSA) is 26.0 Å². The van der Waals surface area contributed by atoms with Gasteiger partial charge in [0.05, 0.1) is 0 Å². The molecule has 0 saturated heterocycles. The molecule has 1 aliphatic rings. The van der Waals surface area contributed by atoms with Gasteiger partial charge in [0.15, 0.2) is 0 Å². The van der Waals surface area contributed by atoms with Crippen LogP contribution in [0.25, 0.3) is 0 Å². The van der Waals surface area contributed by atoms with Crippen LogP contribution in [0.5, 0.6) is 0 Å². The highest BCUT2D eigenvalue weighted by atomic mass is 19.4. The van der Waals surface area contributed by atoms with Gasteiger partial charge in [-0.2, -0.15) is 22.0 Å². The summed E-state index contributed by atoms with van der Waals surface area (Å²) in [5, 5.41) is 0. The van der Waals surface area contributed by atoms with Crippen LogP contribution in [0.2, 0.25) is 0 Å². The third-order valence-electron chi connectivity index (χ3n) is 3.09. The average molecular weight is 265 g/mol. The summed E-state index contributed by atoms with van der Waals surface area (Å²) in [7, 11) is 0. The van der Waals surface area contributed by atoms with E-state index in [9.17, 15) is 22.0 Å². The van der Waals surface area contributed by atoms with Crippen LogP contribution in [-0.4, -0.2) is 11.7 Å². The van der Waals surface area contributed by atoms with E-state index in [0.29, 0.717) is 12.0 Å². The quantitative estimate of drug-likeness (QED) is 0.833. The maximum atomic E-state index is 13.1. The van der Waals surface area contributed by atoms with Crippen LogP contribution in [-0.2, 0) is 12.3 Å². The van der Waals surface area contributed by atoms with Gasteiger partial charge in [-0.15, -0.1) is 0 Å². The summed E-state index contributed by atoms with van der Waals surface area (Å²) >= 11 is 0. The predicted molar refractivity (Wildman–Crippen MR) is 56.2 cm³/mol. The number of nitrogens with two attached hydrogens (primary N) is 1. The minimum Gasteiger partial charge on any atom is -0.325 e. The van der Waals surface area contributed by atoms with Crippen molar-refractivity contribution in [2.24, 2.45) is 5.73 Å². The van der Waals surface area contributed by atoms with Gasteiger partial charge >= 0.3 is 12.1 Å². The number of rotatable bonds is 3. The van der Waals surface area contributed by atoms with Gasteiger partial charge in [0.1, 0.15) is 0 Å². The summed E-state index contributed by atoms with van der Waals surface area (Å²) in [6.45, 7) is 0. The zero-order valence-electron chi connectivity index (χ0n) is 9.40. The Hall–Kier alpha value is -1.17. The van der Waals surface area contributed by atoms with Gasteiger partial charge in [0, 0.05) is 11.1 Å². The summed E-state index contributed by atoms with van der Waals surface area (Å²) < 4.78 is 62.9. The predicted octanol–water partition coefficient (Wildman–Crippen LogP) is 3.37. The first-order chi connectivity index (χ1) is 8.14. The van der Waals surface area contributed by atoms with Gasteiger partial charge < -0.3 is 5.73 Å². The van der Waals surface area contributed by atoms with E-state index in [4.69, 9.17) is 5.73 Å². The molecule has 0 amide bonds. The molecule has 0 aromatic heterocycles. The van der Waals surface area contributed by atoms with Crippen LogP contribution in [0.15, 0.2) is 24.3 Å². The average Bonchev–Trinajstić information content (AvgIpc) is 2.94. The summed E-state index contributed by atoms with van der Waals surface area (Å²) in [5.41, 5.74) is 4.77. The highest BCUT2D eigenvalue weighted by Gasteiger charge is 2.58. The lowest BCUT2D eigenvalue weighted by atomic mass is 9.99. The van der Waals surface area contributed by atoms with Crippen molar-refractivity contribution in [2.45, 2.75) is 36.9 Å². The smallest absolute Gasteiger partial charge is 0.325 e. The molecule has 0 heterocycles. The van der Waals surface area contributed by atoms with Crippen molar-refractivity contribution in [3.8, 4) is 0 Å². The molecule has 2 N–H and O–H groups in total. The highest BCUT2D eigenvalue weighted by Crippen LogP contribution is 2.44. The van der Waals surface area contributed by atoms with E-state index in [-0.39, 0.29) is 0 Å². The van der Waals surface area contributed by atoms with E-state index in [1.165, 1.54) is 12.1 Å². The minimum atomic E-state index is -5.58. The second kappa shape index (κ2) is 3.91. The first kappa shape index (κ1) is 13.3. The number of hydrogen-bond donors (Lipinski definition) is 1. The van der Waals surface area contributed by atoms with Crippen LogP contribution in [0.3, 0.4) is 0 Å². The number of alkyl halides is 5. The Morgan fingerprint density at radius 2 is 1.72 bits per heavy atom. The van der Waals surface area contributed by atoms with Crippen LogP contribution in [0.4, 0.5) is 22.0 Å². The second-order valence-electron chi connectivity index (χ2n) is 4.81. The van der Waals surface area contributed by atoms with E-state index in [2.05, 4.69) is 0 Å². The number of halogens is 5. The molecule has 0 atom stereocenters. The Balaban J connectivity index is 2.26. The molecule has 100 valence electrons. The molecule has 2 rings (SSSR count). The molecule has 0 unspecified atom stereocenters. The number of hydrogen-bond acceptors (Lipinski definition) is 1. The van der Waals surface area contributed by atoms with Crippen molar-refractivity contribution in [1.82, 2.24) is 0 Å². The Morgan fingerprint density at radius 1 is 1.11 bits per heavy atom. The van der Waals surface area contributed by atoms with Gasteiger partial charge in [-0.25, -0.2) is 0 Å². The zero-order chi connectivity index (χ0) is 13.6. The first-order valence-electron chi connectivity index (χ1n) is 5.47. The van der Waals surface area contributed by atoms with Gasteiger partial charge in [-0.1, -0.05) is 18.2 Å². The molecule has 0 bridgehead atoms. The molecule has 18 heavy (non-hydrogen) atoms. The Morgan fingerprint density at radius 3 is 2.22 bits per heavy atom. The van der Waals surface area contributed by atoms with Crippen LogP contribution < -0.4 is 5.73 Å². The van der Waals surface area contributed by atoms with E-state index in [1.807, 2.05) is 0 Å². The molecule has 6 heteroatoms. The van der Waals surface area contributed by atoms with Crippen molar-refractivity contribution in [1.29, 1.82) is 0 Å². The Labute approximate surface area is 101 Å². The number of benzene rings is 1. The van der Waals surface area contributed by atoms with Gasteiger partial charge in [0.25, 0.3) is 0 Å². The lowest BCUT2D eigenvalue weighted by Crippen LogP contribution is -2.33. The minimum absolute atomic E-state index is 0.328. The molecular weight excluding hydrogens is 253 g/mol. The van der Waals surface area contributed by atoms with Crippen molar-refractivity contribution in [3.05, 3.63) is 35.4 Å². The van der Waals surface area contributed by atoms with Crippen LogP contribution >= 0.6 is 0 Å². The van der Waals surface area contributed by atoms with Crippen molar-refractivity contribution in [2.75, 3.05) is 0 Å². The molecule has 1 aromatic carbocycles. The van der Waals surface area contributed by atoms with Crippen LogP contribution in [0, 0.1) is 0 Å². The normalized spacial score (nSPS) is 18.8. The summed E-state index contributed by atoms with van der Waals surface area (Å²) in [5.74, 6) is -4.83. The first-order valence-corrected chi connectivity index (χ1v) is 5.47. The summed E-state index contributed by atoms with van der Waals surface area (Å²) in [4.78, 5) is 0. The van der Waals surface area contributed by atoms with Gasteiger partial charge in [0.2, 0.25) is 0 Å². The molecule has 0 spiro atoms. The maximum Gasteiger partial charge on any atom is 0.458 e. The fourth-order valence-corrected chi connectivity index (χ4v) is 1.78. The molecular formula is C12H12F5N. The van der Waals surface area contributed by atoms with E-state index in [1.54, 1.807) is 0 Å². The zero-order valence-corrected chi connectivity index (χ0v) is 9.40. The molecule has 0 radical (unpaired) electrons. The van der Waals surface area contributed by atoms with Crippen LogP contribution in [0.1, 0.15) is 24.0 Å². The van der Waals surface area contributed by atoms with Gasteiger partial charge in [-0.3, -0.25) is 0 Å². The molecule has 1 nitrogen and oxygen atoms in total. The molecule has 1 fully saturated rings. The second-order valence-corrected chi connectivity index (χ2v) is 4.81. The standard InChI is InChI=1S/C12H12F5N/c13-11(14,12(15,16)17)9-3-1-2-8(6-9)7-10(18)4-5-10/h1-3,6H,4-5,7,18H2. The van der Waals surface area contributed by atoms with Crippen molar-refractivity contribution >= 4 is 0 Å². The van der Waals surface area contributed by atoms with Crippen molar-refractivity contribution < 1.29 is 22.0 Å². The molecule has 1 aromatic rings. The lowest BCUT2D eigenvalue weighted by molar-refractivity contribution is -0.289. The lowest BCUT2D eigenvalue weighted by Gasteiger charge is -2.20. The third kappa shape index (κ3) is 2.48. The van der Waals surface area contributed by atoms with E-state index < -0.39 is 23.2 Å². The molecule has 0 aliphatic heterocycles. The highest BCUT2D eigenvalue weighted by molar-refractivity contribution is 5.30. The summed E-state index contributed by atoms with van der Waals surface area (Å²) in [6.07, 6.45) is -3.71. The Bertz CT molecular complexity index is 448. The molecule has 1 saturated carbocycles. The SMILES string of the molecule is NC1(Cc2cccc(C(F)(F)C(F)(F)F)c2)CC1.